The quantitative estimate of drug-likeness (QED) is 0.0217. The fourth-order valence-corrected chi connectivity index (χ4v) is 12.7. The summed E-state index contributed by atoms with van der Waals surface area (Å²) in [5.41, 5.74) is 10.9. The molecule has 12 amide bonds. The molecule has 0 bridgehead atoms. The second kappa shape index (κ2) is 48.2. The number of nitrogens with two attached hydrogens (primary N) is 2. The highest BCUT2D eigenvalue weighted by molar-refractivity contribution is 6.00. The fraction of sp³-hybridized carbons (Fsp3) is 0.720. The average Bonchev–Trinajstić information content (AvgIpc) is 1.64. The van der Waals surface area contributed by atoms with Crippen molar-refractivity contribution in [2.24, 2.45) is 17.4 Å². The van der Waals surface area contributed by atoms with Crippen molar-refractivity contribution in [1.82, 2.24) is 57.7 Å². The molecular formula is C75H123N13O26. The van der Waals surface area contributed by atoms with Crippen LogP contribution >= 0.6 is 0 Å². The molecule has 2 heterocycles. The number of phenolic OH excluding ortho intramolecular Hbond substituents is 1. The van der Waals surface area contributed by atoms with E-state index >= 15 is 0 Å². The summed E-state index contributed by atoms with van der Waals surface area (Å²) < 4.78 is 11.1. The summed E-state index contributed by atoms with van der Waals surface area (Å²) >= 11 is 0. The number of unbranched alkanes of at least 4 members (excludes halogenated alkanes) is 10. The molecule has 2 aliphatic rings. The zero-order chi connectivity index (χ0) is 86.2. The zero-order valence-electron chi connectivity index (χ0n) is 66.9. The van der Waals surface area contributed by atoms with Gasteiger partial charge in [-0.05, 0) is 105 Å². The molecule has 39 nitrogen and oxygen atoms in total. The Kier molecular flexibility index (Phi) is 41.8. The van der Waals surface area contributed by atoms with Gasteiger partial charge in [0.25, 0.3) is 0 Å². The topological polar surface area (TPSA) is 623 Å². The van der Waals surface area contributed by atoms with Crippen molar-refractivity contribution < 1.29 is 127 Å². The lowest BCUT2D eigenvalue weighted by atomic mass is 9.99. The molecule has 2 saturated heterocycles. The number of aliphatic hydroxyl groups excluding tert-OH is 7. The number of ether oxygens (including phenoxy) is 2. The summed E-state index contributed by atoms with van der Waals surface area (Å²) in [6, 6.07) is -13.9. The van der Waals surface area contributed by atoms with Gasteiger partial charge in [-0.2, -0.15) is 0 Å². The summed E-state index contributed by atoms with van der Waals surface area (Å²) in [5, 5.41) is 116. The molecule has 39 heteroatoms. The number of hydrogen-bond donors (Lipinski definition) is 20. The van der Waals surface area contributed by atoms with Gasteiger partial charge in [0.05, 0.1) is 62.1 Å². The van der Waals surface area contributed by atoms with Crippen molar-refractivity contribution in [2.45, 2.75) is 319 Å². The Labute approximate surface area is 663 Å². The maximum absolute atomic E-state index is 14.8. The third kappa shape index (κ3) is 33.7. The molecule has 19 atom stereocenters. The number of carboxylic acid groups (broad SMARTS) is 1. The third-order valence-electron chi connectivity index (χ3n) is 19.0. The summed E-state index contributed by atoms with van der Waals surface area (Å²) in [7, 11) is 0. The minimum Gasteiger partial charge on any atom is -0.508 e. The fourth-order valence-electron chi connectivity index (χ4n) is 12.7. The molecule has 1 aromatic rings. The molecule has 0 aliphatic carbocycles. The first-order valence-corrected chi connectivity index (χ1v) is 38.8. The largest absolute Gasteiger partial charge is 0.508 e. The monoisotopic (exact) mass is 1620 g/mol. The summed E-state index contributed by atoms with van der Waals surface area (Å²) in [6.45, 7) is 13.8. The van der Waals surface area contributed by atoms with E-state index in [9.17, 15) is 118 Å². The normalized spacial score (nSPS) is 19.5. The van der Waals surface area contributed by atoms with Gasteiger partial charge in [-0.1, -0.05) is 97.1 Å². The number of carboxylic acids is 1. The van der Waals surface area contributed by atoms with E-state index in [0.717, 1.165) is 70.6 Å². The number of carbonyl (C=O) groups is 15. The van der Waals surface area contributed by atoms with E-state index in [4.69, 9.17) is 20.9 Å². The van der Waals surface area contributed by atoms with Gasteiger partial charge in [-0.3, -0.25) is 67.1 Å². The van der Waals surface area contributed by atoms with Crippen LogP contribution in [0.25, 0.3) is 0 Å². The van der Waals surface area contributed by atoms with Gasteiger partial charge in [-0.15, -0.1) is 0 Å². The second-order valence-electron chi connectivity index (χ2n) is 30.7. The molecule has 0 spiro atoms. The van der Waals surface area contributed by atoms with Crippen LogP contribution in [0.3, 0.4) is 0 Å². The predicted octanol–water partition coefficient (Wildman–Crippen LogP) is -4.17. The molecule has 0 unspecified atom stereocenters. The number of aliphatic carboxylic acids is 1. The van der Waals surface area contributed by atoms with Crippen molar-refractivity contribution in [2.75, 3.05) is 19.6 Å². The van der Waals surface area contributed by atoms with Gasteiger partial charge < -0.3 is 125 Å². The van der Waals surface area contributed by atoms with E-state index in [0.29, 0.717) is 16.9 Å². The van der Waals surface area contributed by atoms with E-state index in [1.807, 2.05) is 10.6 Å². The number of primary amides is 1. The summed E-state index contributed by atoms with van der Waals surface area (Å²) in [5.74, 6) is -17.8. The number of hydrogen-bond acceptors (Lipinski definition) is 26. The number of aliphatic hydroxyl groups is 7. The Morgan fingerprint density at radius 1 is 0.570 bits per heavy atom. The number of benzene rings is 1. The molecule has 0 radical (unpaired) electrons. The first kappa shape index (κ1) is 98.9. The van der Waals surface area contributed by atoms with Crippen LogP contribution in [0.15, 0.2) is 24.3 Å². The number of amides is 12. The van der Waals surface area contributed by atoms with Gasteiger partial charge in [0.15, 0.2) is 6.04 Å². The van der Waals surface area contributed by atoms with E-state index in [-0.39, 0.29) is 37.9 Å². The van der Waals surface area contributed by atoms with Crippen LogP contribution in [0.4, 0.5) is 0 Å². The number of nitrogens with zero attached hydrogens (tertiary/aromatic N) is 2. The van der Waals surface area contributed by atoms with Crippen LogP contribution in [-0.4, -0.2) is 285 Å². The SMILES string of the molecule is CCCCCCCCCCCCC[C@H](CC(=O)N[C@@H](C(=O)N[C@H](C)C(=O)N[C@@H](Cc1ccc(O)cc1)C(=O)N[C@H](C(=O)N1C[C@H](O)C[C@H]1C(=O)N[C@@H](C(=O)N[C@H](C(=O)N1CC[C@H](O)[C@H]1C(=O)N[C@H](C(=O)NCC(=O)N[C@@H](C(=O)O)[C@@H](C)O)[C@H](O)CC(N)=O)[C@@H](C)O)[C@@H](C)O)C(C)C)[C@@H](C)O)OC(=O)[C@@H](N)CCC(=O)OC(C)(C)C. The molecular weight excluding hydrogens is 1500 g/mol. The van der Waals surface area contributed by atoms with E-state index in [2.05, 4.69) is 44.1 Å². The van der Waals surface area contributed by atoms with Crippen molar-refractivity contribution in [3.8, 4) is 5.75 Å². The van der Waals surface area contributed by atoms with E-state index < -0.39 is 255 Å². The highest BCUT2D eigenvalue weighted by Crippen LogP contribution is 2.25. The Morgan fingerprint density at radius 3 is 1.62 bits per heavy atom. The number of β-amino-alcohol motifs (C(OH)–C–C–N with tert-alkyl or cyclic N) is 1. The number of rotatable bonds is 49. The second-order valence-corrected chi connectivity index (χ2v) is 30.7. The maximum atomic E-state index is 14.8. The van der Waals surface area contributed by atoms with Gasteiger partial charge >= 0.3 is 17.9 Å². The molecule has 1 aromatic carbocycles. The van der Waals surface area contributed by atoms with Gasteiger partial charge in [0.1, 0.15) is 77.9 Å². The van der Waals surface area contributed by atoms with Crippen LogP contribution in [0.1, 0.15) is 197 Å². The first-order valence-electron chi connectivity index (χ1n) is 38.8. The first-order chi connectivity index (χ1) is 53.3. The Balaban J connectivity index is 1.82. The van der Waals surface area contributed by atoms with E-state index in [1.54, 1.807) is 20.8 Å². The minimum absolute atomic E-state index is 0.116. The number of carbonyl (C=O) groups excluding carboxylic acids is 14. The van der Waals surface area contributed by atoms with Crippen molar-refractivity contribution in [3.63, 3.8) is 0 Å². The Hall–Kier alpha value is -9.25. The van der Waals surface area contributed by atoms with E-state index in [1.165, 1.54) is 71.2 Å². The maximum Gasteiger partial charge on any atom is 0.328 e. The highest BCUT2D eigenvalue weighted by atomic mass is 16.6. The van der Waals surface area contributed by atoms with Crippen LogP contribution < -0.4 is 59.3 Å². The lowest BCUT2D eigenvalue weighted by Crippen LogP contribution is -2.64. The summed E-state index contributed by atoms with van der Waals surface area (Å²) in [6.07, 6.45) is -4.66. The lowest BCUT2D eigenvalue weighted by molar-refractivity contribution is -0.156. The minimum atomic E-state index is -2.17. The lowest BCUT2D eigenvalue weighted by Gasteiger charge is -2.34. The van der Waals surface area contributed by atoms with Gasteiger partial charge in [-0.25, -0.2) is 4.79 Å². The molecule has 114 heavy (non-hydrogen) atoms. The molecule has 22 N–H and O–H groups in total. The van der Waals surface area contributed by atoms with Gasteiger partial charge in [0.2, 0.25) is 70.9 Å². The number of aromatic hydroxyl groups is 1. The third-order valence-corrected chi connectivity index (χ3v) is 19.0. The van der Waals surface area contributed by atoms with Crippen molar-refractivity contribution >= 4 is 88.8 Å². The molecule has 2 fully saturated rings. The van der Waals surface area contributed by atoms with Crippen LogP contribution in [0.2, 0.25) is 0 Å². The van der Waals surface area contributed by atoms with Crippen LogP contribution in [-0.2, 0) is 87.8 Å². The average molecular weight is 1620 g/mol. The van der Waals surface area contributed by atoms with Crippen molar-refractivity contribution in [3.05, 3.63) is 29.8 Å². The smallest absolute Gasteiger partial charge is 0.328 e. The molecule has 2 aliphatic heterocycles. The molecule has 3 rings (SSSR count). The molecule has 0 aromatic heterocycles. The Morgan fingerprint density at radius 2 is 1.09 bits per heavy atom. The number of nitrogens with one attached hydrogen (secondary N) is 9. The van der Waals surface area contributed by atoms with Crippen molar-refractivity contribution in [1.29, 1.82) is 0 Å². The van der Waals surface area contributed by atoms with Gasteiger partial charge in [0, 0.05) is 32.4 Å². The predicted molar refractivity (Wildman–Crippen MR) is 406 cm³/mol. The number of esters is 2. The summed E-state index contributed by atoms with van der Waals surface area (Å²) in [4.78, 5) is 205. The van der Waals surface area contributed by atoms with Crippen LogP contribution in [0.5, 0.6) is 5.75 Å². The number of likely N-dealkylation sites (tertiary alicyclic amines) is 2. The van der Waals surface area contributed by atoms with Crippen LogP contribution in [0, 0.1) is 5.92 Å². The standard InChI is InChI=1S/C75H123N13O26/c1-12-13-14-15-16-17-18-19-20-21-22-23-47(113-74(112)48(76)28-29-56(100)114-75(9,10)11)34-54(98)81-58(40(5)89)68(105)79-39(4)64(101)80-49(32-44-24-26-45(93)27-25-44)65(102)83-57(38(2)3)71(108)88-37-46(94)33-50(88)66(103)84-59(41(6)90)69(106)85-60(42(7)91)72(109)87-31-30-51(95)63(87)70(107)86-62(52(96)35-53(77)97)67(104)78-36-55(99)82-61(43(8)92)73(110)111/h24-27,38-43,46-52,57-63,89-96H,12-23,28-37,76H2,1-11H3,(H2,77,97)(H,78,104)(H,79,105)(H,80,101)(H,81,98)(H,82,99)(H,83,102)(H,84,103)(H,85,106)(H,86,107)(H,110,111)/t39-,40-,41-,42-,43-,46-,47-,48+,49+,50+,51+,52-,57+,58-,59-,60+,61-,62+,63+/m1/s1. The number of phenols is 1. The highest BCUT2D eigenvalue weighted by Gasteiger charge is 2.48. The zero-order valence-corrected chi connectivity index (χ0v) is 66.9. The molecule has 644 valence electrons. The Bertz CT molecular complexity index is 3390. The molecule has 0 saturated carbocycles.